The van der Waals surface area contributed by atoms with E-state index in [-0.39, 0.29) is 11.5 Å². The van der Waals surface area contributed by atoms with Crippen molar-refractivity contribution in [3.05, 3.63) is 35.4 Å². The Balaban J connectivity index is 1.33. The van der Waals surface area contributed by atoms with Gasteiger partial charge >= 0.3 is 0 Å². The molecule has 4 heteroatoms. The highest BCUT2D eigenvalue weighted by Gasteiger charge is 2.61. The predicted octanol–water partition coefficient (Wildman–Crippen LogP) is 2.78. The summed E-state index contributed by atoms with van der Waals surface area (Å²) in [5, 5.41) is 0. The standard InChI is InChI=1S/C21H30N2O2/c1-3-23-16-20(25-21(9-10-21)19(23)24)11-14-22(15-12-20)13-8-18-6-4-17(2)5-7-18/h4-7H,3,8-16H2,1-2H3. The van der Waals surface area contributed by atoms with Crippen molar-refractivity contribution in [3.63, 3.8) is 0 Å². The molecule has 0 unspecified atom stereocenters. The number of morpholine rings is 1. The maximum absolute atomic E-state index is 12.5. The first-order valence-corrected chi connectivity index (χ1v) is 9.82. The molecule has 0 bridgehead atoms. The Morgan fingerprint density at radius 1 is 1.08 bits per heavy atom. The van der Waals surface area contributed by atoms with Gasteiger partial charge in [0.05, 0.1) is 5.60 Å². The van der Waals surface area contributed by atoms with Gasteiger partial charge in [0.25, 0.3) is 5.91 Å². The van der Waals surface area contributed by atoms with Gasteiger partial charge in [-0.2, -0.15) is 0 Å². The van der Waals surface area contributed by atoms with Crippen LogP contribution >= 0.6 is 0 Å². The largest absolute Gasteiger partial charge is 0.357 e. The summed E-state index contributed by atoms with van der Waals surface area (Å²) >= 11 is 0. The normalized spacial score (nSPS) is 24.9. The second-order valence-corrected chi connectivity index (χ2v) is 8.18. The van der Waals surface area contributed by atoms with Gasteiger partial charge in [0.2, 0.25) is 0 Å². The molecule has 4 nitrogen and oxygen atoms in total. The van der Waals surface area contributed by atoms with E-state index in [1.807, 2.05) is 4.90 Å². The Morgan fingerprint density at radius 3 is 2.36 bits per heavy atom. The van der Waals surface area contributed by atoms with Crippen molar-refractivity contribution in [2.24, 2.45) is 0 Å². The smallest absolute Gasteiger partial charge is 0.254 e. The van der Waals surface area contributed by atoms with E-state index in [0.717, 1.165) is 64.8 Å². The van der Waals surface area contributed by atoms with Gasteiger partial charge in [-0.15, -0.1) is 0 Å². The molecule has 0 aromatic heterocycles. The van der Waals surface area contributed by atoms with Gasteiger partial charge in [-0.3, -0.25) is 4.79 Å². The molecule has 1 saturated carbocycles. The van der Waals surface area contributed by atoms with Crippen LogP contribution in [0.4, 0.5) is 0 Å². The summed E-state index contributed by atoms with van der Waals surface area (Å²) in [4.78, 5) is 17.1. The quantitative estimate of drug-likeness (QED) is 0.843. The minimum absolute atomic E-state index is 0.0964. The number of carbonyl (C=O) groups excluding carboxylic acids is 1. The summed E-state index contributed by atoms with van der Waals surface area (Å²) in [7, 11) is 0. The lowest BCUT2D eigenvalue weighted by atomic mass is 9.87. The van der Waals surface area contributed by atoms with Crippen molar-refractivity contribution in [1.82, 2.24) is 9.80 Å². The minimum atomic E-state index is -0.446. The van der Waals surface area contributed by atoms with Crippen molar-refractivity contribution in [1.29, 1.82) is 0 Å². The zero-order valence-corrected chi connectivity index (χ0v) is 15.6. The summed E-state index contributed by atoms with van der Waals surface area (Å²) in [5.41, 5.74) is 2.20. The minimum Gasteiger partial charge on any atom is -0.357 e. The SMILES string of the molecule is CCN1CC2(CCN(CCc3ccc(C)cc3)CC2)OC2(CC2)C1=O. The fourth-order valence-corrected chi connectivity index (χ4v) is 4.37. The van der Waals surface area contributed by atoms with Crippen LogP contribution in [0.25, 0.3) is 0 Å². The molecule has 3 aliphatic rings. The van der Waals surface area contributed by atoms with E-state index in [0.29, 0.717) is 0 Å². The molecule has 1 aromatic rings. The van der Waals surface area contributed by atoms with Crippen LogP contribution in [0.5, 0.6) is 0 Å². The van der Waals surface area contributed by atoms with E-state index in [1.165, 1.54) is 11.1 Å². The Bertz CT molecular complexity index is 628. The van der Waals surface area contributed by atoms with Gasteiger partial charge in [-0.05, 0) is 51.5 Å². The number of benzene rings is 1. The first-order chi connectivity index (χ1) is 12.0. The first kappa shape index (κ1) is 17.0. The number of piperidine rings is 1. The highest BCUT2D eigenvalue weighted by Crippen LogP contribution is 2.49. The third-order valence-electron chi connectivity index (χ3n) is 6.26. The van der Waals surface area contributed by atoms with E-state index >= 15 is 0 Å². The third kappa shape index (κ3) is 3.34. The average molecular weight is 342 g/mol. The molecule has 25 heavy (non-hydrogen) atoms. The highest BCUT2D eigenvalue weighted by atomic mass is 16.5. The molecular formula is C21H30N2O2. The number of carbonyl (C=O) groups is 1. The van der Waals surface area contributed by atoms with E-state index in [2.05, 4.69) is 43.0 Å². The summed E-state index contributed by atoms with van der Waals surface area (Å²) in [6.45, 7) is 9.08. The molecule has 136 valence electrons. The van der Waals surface area contributed by atoms with E-state index in [4.69, 9.17) is 4.74 Å². The molecule has 2 saturated heterocycles. The summed E-state index contributed by atoms with van der Waals surface area (Å²) in [5.74, 6) is 0.238. The lowest BCUT2D eigenvalue weighted by molar-refractivity contribution is -0.200. The zero-order chi connectivity index (χ0) is 17.5. The molecule has 0 atom stereocenters. The van der Waals surface area contributed by atoms with Gasteiger partial charge < -0.3 is 14.5 Å². The summed E-state index contributed by atoms with van der Waals surface area (Å²) in [6.07, 6.45) is 5.04. The van der Waals surface area contributed by atoms with Gasteiger partial charge in [0.1, 0.15) is 5.60 Å². The number of hydrogen-bond donors (Lipinski definition) is 0. The lowest BCUT2D eigenvalue weighted by Gasteiger charge is -2.50. The maximum atomic E-state index is 12.5. The molecule has 2 spiro atoms. The van der Waals surface area contributed by atoms with Gasteiger partial charge in [-0.25, -0.2) is 0 Å². The van der Waals surface area contributed by atoms with Crippen LogP contribution in [0, 0.1) is 6.92 Å². The molecule has 0 radical (unpaired) electrons. The van der Waals surface area contributed by atoms with Crippen molar-refractivity contribution < 1.29 is 9.53 Å². The van der Waals surface area contributed by atoms with E-state index < -0.39 is 5.60 Å². The molecule has 1 aliphatic carbocycles. The van der Waals surface area contributed by atoms with Crippen LogP contribution in [-0.2, 0) is 16.0 Å². The van der Waals surface area contributed by atoms with Crippen LogP contribution in [0.2, 0.25) is 0 Å². The number of amides is 1. The van der Waals surface area contributed by atoms with Crippen molar-refractivity contribution >= 4 is 5.91 Å². The number of hydrogen-bond acceptors (Lipinski definition) is 3. The number of ether oxygens (including phenoxy) is 1. The topological polar surface area (TPSA) is 32.8 Å². The second kappa shape index (κ2) is 6.40. The number of rotatable bonds is 4. The third-order valence-corrected chi connectivity index (χ3v) is 6.26. The van der Waals surface area contributed by atoms with Crippen LogP contribution in [0.1, 0.15) is 43.7 Å². The Kier molecular flexibility index (Phi) is 4.37. The molecular weight excluding hydrogens is 312 g/mol. The molecule has 3 fully saturated rings. The Morgan fingerprint density at radius 2 is 1.76 bits per heavy atom. The van der Waals surface area contributed by atoms with Crippen molar-refractivity contribution in [2.45, 2.75) is 57.2 Å². The highest BCUT2D eigenvalue weighted by molar-refractivity contribution is 5.89. The second-order valence-electron chi connectivity index (χ2n) is 8.18. The predicted molar refractivity (Wildman–Crippen MR) is 98.6 cm³/mol. The average Bonchev–Trinajstić information content (AvgIpc) is 3.39. The van der Waals surface area contributed by atoms with Crippen LogP contribution in [0.3, 0.4) is 0 Å². The molecule has 1 amide bonds. The van der Waals surface area contributed by atoms with E-state index in [9.17, 15) is 4.79 Å². The Labute approximate surface area is 151 Å². The zero-order valence-electron chi connectivity index (χ0n) is 15.6. The van der Waals surface area contributed by atoms with Crippen molar-refractivity contribution in [3.8, 4) is 0 Å². The first-order valence-electron chi connectivity index (χ1n) is 9.82. The van der Waals surface area contributed by atoms with E-state index in [1.54, 1.807) is 0 Å². The van der Waals surface area contributed by atoms with Gasteiger partial charge in [-0.1, -0.05) is 29.8 Å². The number of aryl methyl sites for hydroxylation is 1. The fourth-order valence-electron chi connectivity index (χ4n) is 4.37. The van der Waals surface area contributed by atoms with Gasteiger partial charge in [0.15, 0.2) is 0 Å². The van der Waals surface area contributed by atoms with Crippen LogP contribution in [-0.4, -0.2) is 59.6 Å². The molecule has 4 rings (SSSR count). The molecule has 2 aliphatic heterocycles. The maximum Gasteiger partial charge on any atom is 0.254 e. The molecule has 1 aromatic carbocycles. The Hall–Kier alpha value is -1.39. The fraction of sp³-hybridized carbons (Fsp3) is 0.667. The molecule has 2 heterocycles. The lowest BCUT2D eigenvalue weighted by Crippen LogP contribution is -2.62. The number of likely N-dealkylation sites (tertiary alicyclic amines) is 1. The summed E-state index contributed by atoms with van der Waals surface area (Å²) in [6, 6.07) is 8.88. The monoisotopic (exact) mass is 342 g/mol. The summed E-state index contributed by atoms with van der Waals surface area (Å²) < 4.78 is 6.46. The number of nitrogens with zero attached hydrogens (tertiary/aromatic N) is 2. The number of likely N-dealkylation sites (N-methyl/N-ethyl adjacent to an activating group) is 1. The van der Waals surface area contributed by atoms with Crippen LogP contribution < -0.4 is 0 Å². The van der Waals surface area contributed by atoms with Gasteiger partial charge in [0, 0.05) is 32.7 Å². The van der Waals surface area contributed by atoms with Crippen molar-refractivity contribution in [2.75, 3.05) is 32.7 Å². The molecule has 0 N–H and O–H groups in total. The van der Waals surface area contributed by atoms with Crippen LogP contribution in [0.15, 0.2) is 24.3 Å².